The summed E-state index contributed by atoms with van der Waals surface area (Å²) in [5, 5.41) is 0. The number of ether oxygens (including phenoxy) is 1. The molecule has 0 bridgehead atoms. The van der Waals surface area contributed by atoms with Crippen molar-refractivity contribution >= 4 is 18.2 Å². The maximum Gasteiger partial charge on any atom is 0.410 e. The average Bonchev–Trinajstić information content (AvgIpc) is 2.94. The molecule has 24 heavy (non-hydrogen) atoms. The lowest BCUT2D eigenvalue weighted by Crippen LogP contribution is -2.41. The minimum Gasteiger partial charge on any atom is -0.444 e. The van der Waals surface area contributed by atoms with E-state index in [9.17, 15) is 4.79 Å². The Morgan fingerprint density at radius 2 is 2.04 bits per heavy atom. The van der Waals surface area contributed by atoms with Gasteiger partial charge in [-0.3, -0.25) is 4.98 Å². The van der Waals surface area contributed by atoms with E-state index in [1.807, 2.05) is 39.1 Å². The summed E-state index contributed by atoms with van der Waals surface area (Å²) in [6.07, 6.45) is 7.49. The van der Waals surface area contributed by atoms with Gasteiger partial charge in [-0.25, -0.2) is 4.79 Å². The van der Waals surface area contributed by atoms with Gasteiger partial charge in [-0.1, -0.05) is 12.1 Å². The summed E-state index contributed by atoms with van der Waals surface area (Å²) in [4.78, 5) is 18.1. The van der Waals surface area contributed by atoms with Crippen LogP contribution in [0.3, 0.4) is 0 Å². The van der Waals surface area contributed by atoms with Crippen LogP contribution >= 0.6 is 0 Å². The van der Waals surface area contributed by atoms with Gasteiger partial charge in [-0.2, -0.15) is 0 Å². The van der Waals surface area contributed by atoms with Crippen molar-refractivity contribution in [3.8, 4) is 0 Å². The molecule has 3 heterocycles. The average molecular weight is 325 g/mol. The Morgan fingerprint density at radius 3 is 2.75 bits per heavy atom. The normalized spacial score (nSPS) is 14.7. The van der Waals surface area contributed by atoms with Crippen LogP contribution in [0.2, 0.25) is 0 Å². The number of hydrogen-bond donors (Lipinski definition) is 0. The minimum absolute atomic E-state index is 0.248. The fourth-order valence-electron chi connectivity index (χ4n) is 2.72. The first-order valence-electron chi connectivity index (χ1n) is 8.17. The minimum atomic E-state index is -0.464. The SMILES string of the molecule is CC(C)(C)OC(=O)N1CCn2c(C=Cc3cccnc3)ccc2C1. The highest BCUT2D eigenvalue weighted by atomic mass is 16.6. The Bertz CT molecular complexity index is 742. The fraction of sp³-hybridized carbons (Fsp3) is 0.368. The molecule has 5 nitrogen and oxygen atoms in total. The van der Waals surface area contributed by atoms with Crippen LogP contribution in [0.5, 0.6) is 0 Å². The van der Waals surface area contributed by atoms with E-state index in [1.165, 1.54) is 0 Å². The largest absolute Gasteiger partial charge is 0.444 e. The molecule has 3 rings (SSSR count). The van der Waals surface area contributed by atoms with Crippen molar-refractivity contribution in [3.63, 3.8) is 0 Å². The molecule has 2 aromatic rings. The van der Waals surface area contributed by atoms with Gasteiger partial charge in [0.2, 0.25) is 0 Å². The van der Waals surface area contributed by atoms with Crippen LogP contribution in [-0.4, -0.2) is 32.7 Å². The van der Waals surface area contributed by atoms with Gasteiger partial charge in [0.1, 0.15) is 5.60 Å². The van der Waals surface area contributed by atoms with Gasteiger partial charge in [-0.05, 0) is 50.6 Å². The van der Waals surface area contributed by atoms with Crippen LogP contribution in [0.15, 0.2) is 36.7 Å². The fourth-order valence-corrected chi connectivity index (χ4v) is 2.72. The number of carbonyl (C=O) groups excluding carboxylic acids is 1. The predicted molar refractivity (Wildman–Crippen MR) is 94.2 cm³/mol. The molecule has 0 aromatic carbocycles. The molecule has 5 heteroatoms. The molecule has 0 saturated heterocycles. The number of pyridine rings is 1. The van der Waals surface area contributed by atoms with Crippen LogP contribution in [0.4, 0.5) is 4.79 Å². The molecule has 0 fully saturated rings. The molecule has 2 aromatic heterocycles. The maximum absolute atomic E-state index is 12.2. The summed E-state index contributed by atoms with van der Waals surface area (Å²) < 4.78 is 7.70. The number of amides is 1. The topological polar surface area (TPSA) is 47.4 Å². The first-order valence-corrected chi connectivity index (χ1v) is 8.17. The quantitative estimate of drug-likeness (QED) is 0.843. The molecule has 126 valence electrons. The summed E-state index contributed by atoms with van der Waals surface area (Å²) in [7, 11) is 0. The van der Waals surface area contributed by atoms with Crippen molar-refractivity contribution in [3.05, 3.63) is 53.6 Å². The van der Waals surface area contributed by atoms with Gasteiger partial charge < -0.3 is 14.2 Å². The van der Waals surface area contributed by atoms with Crippen LogP contribution in [-0.2, 0) is 17.8 Å². The van der Waals surface area contributed by atoms with Crippen molar-refractivity contribution in [2.75, 3.05) is 6.54 Å². The highest BCUT2D eigenvalue weighted by Gasteiger charge is 2.26. The lowest BCUT2D eigenvalue weighted by Gasteiger charge is -2.31. The molecular formula is C19H23N3O2. The molecule has 0 N–H and O–H groups in total. The highest BCUT2D eigenvalue weighted by Crippen LogP contribution is 2.21. The van der Waals surface area contributed by atoms with E-state index in [4.69, 9.17) is 4.74 Å². The van der Waals surface area contributed by atoms with Crippen LogP contribution in [0.1, 0.15) is 37.7 Å². The lowest BCUT2D eigenvalue weighted by molar-refractivity contribution is 0.0199. The Hall–Kier alpha value is -2.56. The zero-order valence-corrected chi connectivity index (χ0v) is 14.4. The van der Waals surface area contributed by atoms with Gasteiger partial charge in [-0.15, -0.1) is 0 Å². The van der Waals surface area contributed by atoms with Crippen molar-refractivity contribution in [2.24, 2.45) is 0 Å². The van der Waals surface area contributed by atoms with Crippen LogP contribution in [0.25, 0.3) is 12.2 Å². The molecule has 0 unspecified atom stereocenters. The number of fused-ring (bicyclic) bond motifs is 1. The summed E-state index contributed by atoms with van der Waals surface area (Å²) in [6.45, 7) is 7.67. The number of nitrogens with zero attached hydrogens (tertiary/aromatic N) is 3. The second kappa shape index (κ2) is 6.51. The standard InChI is InChI=1S/C19H23N3O2/c1-19(2,3)24-18(23)21-11-12-22-16(8-9-17(22)14-21)7-6-15-5-4-10-20-13-15/h4-10,13H,11-12,14H2,1-3H3. The maximum atomic E-state index is 12.2. The first kappa shape index (κ1) is 16.3. The van der Waals surface area contributed by atoms with E-state index in [-0.39, 0.29) is 6.09 Å². The predicted octanol–water partition coefficient (Wildman–Crippen LogP) is 3.80. The zero-order chi connectivity index (χ0) is 17.2. The molecule has 0 aliphatic carbocycles. The number of aromatic nitrogens is 2. The third-order valence-electron chi connectivity index (χ3n) is 3.83. The molecule has 1 amide bonds. The summed E-state index contributed by atoms with van der Waals surface area (Å²) in [5.74, 6) is 0. The van der Waals surface area contributed by atoms with Gasteiger partial charge in [0, 0.05) is 36.9 Å². The smallest absolute Gasteiger partial charge is 0.410 e. The van der Waals surface area contributed by atoms with E-state index in [1.54, 1.807) is 11.1 Å². The molecule has 0 radical (unpaired) electrons. The van der Waals surface area contributed by atoms with Gasteiger partial charge in [0.15, 0.2) is 0 Å². The molecule has 1 aliphatic heterocycles. The molecule has 0 spiro atoms. The summed E-state index contributed by atoms with van der Waals surface area (Å²) >= 11 is 0. The van der Waals surface area contributed by atoms with Crippen molar-refractivity contribution in [1.82, 2.24) is 14.5 Å². The second-order valence-corrected chi connectivity index (χ2v) is 6.92. The third kappa shape index (κ3) is 3.85. The Balaban J connectivity index is 1.70. The van der Waals surface area contributed by atoms with Crippen molar-refractivity contribution in [2.45, 2.75) is 39.5 Å². The second-order valence-electron chi connectivity index (χ2n) is 6.92. The van der Waals surface area contributed by atoms with Crippen LogP contribution < -0.4 is 0 Å². The van der Waals surface area contributed by atoms with Gasteiger partial charge in [0.25, 0.3) is 0 Å². The molecule has 1 aliphatic rings. The Kier molecular flexibility index (Phi) is 4.42. The van der Waals surface area contributed by atoms with E-state index in [0.717, 1.165) is 23.5 Å². The third-order valence-corrected chi connectivity index (χ3v) is 3.83. The monoisotopic (exact) mass is 325 g/mol. The Morgan fingerprint density at radius 1 is 1.21 bits per heavy atom. The van der Waals surface area contributed by atoms with Crippen LogP contribution in [0, 0.1) is 0 Å². The summed E-state index contributed by atoms with van der Waals surface area (Å²) in [5.41, 5.74) is 2.86. The van der Waals surface area contributed by atoms with E-state index in [0.29, 0.717) is 13.1 Å². The van der Waals surface area contributed by atoms with E-state index >= 15 is 0 Å². The Labute approximate surface area is 142 Å². The van der Waals surface area contributed by atoms with Crippen molar-refractivity contribution < 1.29 is 9.53 Å². The first-order chi connectivity index (χ1) is 11.4. The lowest BCUT2D eigenvalue weighted by atomic mass is 10.2. The highest BCUT2D eigenvalue weighted by molar-refractivity contribution is 5.70. The number of rotatable bonds is 2. The zero-order valence-electron chi connectivity index (χ0n) is 14.4. The van der Waals surface area contributed by atoms with E-state index in [2.05, 4.69) is 33.8 Å². The van der Waals surface area contributed by atoms with Gasteiger partial charge in [0.05, 0.1) is 6.54 Å². The van der Waals surface area contributed by atoms with E-state index < -0.39 is 5.60 Å². The molecule has 0 saturated carbocycles. The molecule has 0 atom stereocenters. The number of hydrogen-bond acceptors (Lipinski definition) is 3. The number of carbonyl (C=O) groups is 1. The van der Waals surface area contributed by atoms with Gasteiger partial charge >= 0.3 is 6.09 Å². The van der Waals surface area contributed by atoms with Crippen molar-refractivity contribution in [1.29, 1.82) is 0 Å². The molecular weight excluding hydrogens is 302 g/mol. The summed E-state index contributed by atoms with van der Waals surface area (Å²) in [6, 6.07) is 8.10.